The van der Waals surface area contributed by atoms with Crippen LogP contribution in [0.15, 0.2) is 36.5 Å². The molecular weight excluding hydrogens is 248 g/mol. The summed E-state index contributed by atoms with van der Waals surface area (Å²) in [5.74, 6) is -0.175. The van der Waals surface area contributed by atoms with Crippen LogP contribution in [0.4, 0.5) is 5.69 Å². The number of hydrogen-bond acceptors (Lipinski definition) is 2. The number of pyridine rings is 1. The molecule has 0 spiro atoms. The van der Waals surface area contributed by atoms with Crippen molar-refractivity contribution in [2.24, 2.45) is 0 Å². The van der Waals surface area contributed by atoms with E-state index in [2.05, 4.69) is 10.3 Å². The number of nitrogens with one attached hydrogen (secondary N) is 1. The third-order valence-corrected chi connectivity index (χ3v) is 3.18. The third kappa shape index (κ3) is 2.51. The van der Waals surface area contributed by atoms with Gasteiger partial charge in [0.05, 0.1) is 5.56 Å². The molecule has 1 aromatic heterocycles. The highest BCUT2D eigenvalue weighted by Gasteiger charge is 2.11. The Morgan fingerprint density at radius 1 is 1.22 bits per heavy atom. The van der Waals surface area contributed by atoms with Crippen LogP contribution in [0.25, 0.3) is 0 Å². The highest BCUT2D eigenvalue weighted by molar-refractivity contribution is 6.31. The van der Waals surface area contributed by atoms with E-state index in [1.165, 1.54) is 0 Å². The molecule has 0 aliphatic carbocycles. The van der Waals surface area contributed by atoms with Crippen molar-refractivity contribution in [1.29, 1.82) is 0 Å². The van der Waals surface area contributed by atoms with Gasteiger partial charge in [0.1, 0.15) is 0 Å². The van der Waals surface area contributed by atoms with Gasteiger partial charge < -0.3 is 5.32 Å². The Morgan fingerprint density at radius 3 is 2.72 bits per heavy atom. The number of carbonyl (C=O) groups is 1. The predicted octanol–water partition coefficient (Wildman–Crippen LogP) is 3.60. The van der Waals surface area contributed by atoms with Gasteiger partial charge in [0.2, 0.25) is 0 Å². The Kier molecular flexibility index (Phi) is 3.63. The van der Waals surface area contributed by atoms with Gasteiger partial charge in [-0.25, -0.2) is 0 Å². The van der Waals surface area contributed by atoms with Crippen LogP contribution in [0.3, 0.4) is 0 Å². The maximum Gasteiger partial charge on any atom is 0.257 e. The van der Waals surface area contributed by atoms with E-state index in [9.17, 15) is 4.79 Å². The predicted molar refractivity (Wildman–Crippen MR) is 73.1 cm³/mol. The van der Waals surface area contributed by atoms with Crippen LogP contribution in [0, 0.1) is 13.8 Å². The number of aromatic nitrogens is 1. The van der Waals surface area contributed by atoms with E-state index in [1.807, 2.05) is 13.0 Å². The van der Waals surface area contributed by atoms with Gasteiger partial charge in [0, 0.05) is 22.6 Å². The molecular formula is C14H13ClN2O. The van der Waals surface area contributed by atoms with Crippen molar-refractivity contribution in [3.63, 3.8) is 0 Å². The molecule has 0 saturated carbocycles. The minimum absolute atomic E-state index is 0.175. The van der Waals surface area contributed by atoms with Crippen molar-refractivity contribution < 1.29 is 4.79 Å². The molecule has 0 aliphatic heterocycles. The molecule has 0 atom stereocenters. The van der Waals surface area contributed by atoms with Crippen LogP contribution in [0.2, 0.25) is 5.02 Å². The summed E-state index contributed by atoms with van der Waals surface area (Å²) in [4.78, 5) is 16.2. The molecule has 4 heteroatoms. The van der Waals surface area contributed by atoms with Crippen LogP contribution in [-0.2, 0) is 0 Å². The standard InChI is InChI=1S/C14H13ClN2O/c1-9-12(15)6-3-7-13(9)17-14(18)11-5-4-8-16-10(11)2/h3-8H,1-2H3,(H,17,18). The molecule has 1 N–H and O–H groups in total. The van der Waals surface area contributed by atoms with Crippen molar-refractivity contribution in [2.45, 2.75) is 13.8 Å². The van der Waals surface area contributed by atoms with E-state index in [1.54, 1.807) is 37.4 Å². The zero-order valence-electron chi connectivity index (χ0n) is 10.2. The lowest BCUT2D eigenvalue weighted by atomic mass is 10.1. The van der Waals surface area contributed by atoms with Crippen molar-refractivity contribution in [3.05, 3.63) is 58.4 Å². The number of carbonyl (C=O) groups excluding carboxylic acids is 1. The fourth-order valence-corrected chi connectivity index (χ4v) is 1.83. The lowest BCUT2D eigenvalue weighted by Crippen LogP contribution is -2.14. The summed E-state index contributed by atoms with van der Waals surface area (Å²) in [7, 11) is 0. The maximum absolute atomic E-state index is 12.1. The van der Waals surface area contributed by atoms with Crippen LogP contribution in [-0.4, -0.2) is 10.9 Å². The van der Waals surface area contributed by atoms with Crippen LogP contribution < -0.4 is 5.32 Å². The SMILES string of the molecule is Cc1ncccc1C(=O)Nc1cccc(Cl)c1C. The molecule has 0 fully saturated rings. The molecule has 2 aromatic rings. The van der Waals surface area contributed by atoms with Crippen molar-refractivity contribution in [3.8, 4) is 0 Å². The molecule has 0 saturated heterocycles. The lowest BCUT2D eigenvalue weighted by Gasteiger charge is -2.10. The molecule has 18 heavy (non-hydrogen) atoms. The fraction of sp³-hybridized carbons (Fsp3) is 0.143. The van der Waals surface area contributed by atoms with Gasteiger partial charge in [-0.1, -0.05) is 17.7 Å². The van der Waals surface area contributed by atoms with Crippen LogP contribution in [0.1, 0.15) is 21.6 Å². The van der Waals surface area contributed by atoms with Gasteiger partial charge in [0.15, 0.2) is 0 Å². The Labute approximate surface area is 111 Å². The number of rotatable bonds is 2. The highest BCUT2D eigenvalue weighted by Crippen LogP contribution is 2.23. The summed E-state index contributed by atoms with van der Waals surface area (Å²) >= 11 is 6.01. The first kappa shape index (κ1) is 12.6. The quantitative estimate of drug-likeness (QED) is 0.896. The van der Waals surface area contributed by atoms with E-state index in [-0.39, 0.29) is 5.91 Å². The van der Waals surface area contributed by atoms with E-state index in [4.69, 9.17) is 11.6 Å². The number of aryl methyl sites for hydroxylation is 1. The van der Waals surface area contributed by atoms with Gasteiger partial charge in [-0.05, 0) is 43.7 Å². The molecule has 0 bridgehead atoms. The third-order valence-electron chi connectivity index (χ3n) is 2.77. The zero-order chi connectivity index (χ0) is 13.1. The van der Waals surface area contributed by atoms with Gasteiger partial charge in [0.25, 0.3) is 5.91 Å². The van der Waals surface area contributed by atoms with Gasteiger partial charge in [-0.3, -0.25) is 9.78 Å². The van der Waals surface area contributed by atoms with Gasteiger partial charge in [-0.15, -0.1) is 0 Å². The smallest absolute Gasteiger partial charge is 0.257 e. The number of benzene rings is 1. The van der Waals surface area contributed by atoms with E-state index >= 15 is 0 Å². The molecule has 2 rings (SSSR count). The second-order valence-electron chi connectivity index (χ2n) is 4.00. The summed E-state index contributed by atoms with van der Waals surface area (Å²) < 4.78 is 0. The second-order valence-corrected chi connectivity index (χ2v) is 4.41. The highest BCUT2D eigenvalue weighted by atomic mass is 35.5. The van der Waals surface area contributed by atoms with E-state index < -0.39 is 0 Å². The number of amides is 1. The number of anilines is 1. The summed E-state index contributed by atoms with van der Waals surface area (Å²) in [5, 5.41) is 3.48. The van der Waals surface area contributed by atoms with Crippen LogP contribution >= 0.6 is 11.6 Å². The largest absolute Gasteiger partial charge is 0.322 e. The summed E-state index contributed by atoms with van der Waals surface area (Å²) in [6.45, 7) is 3.67. The summed E-state index contributed by atoms with van der Waals surface area (Å²) in [6.07, 6.45) is 1.66. The number of hydrogen-bond donors (Lipinski definition) is 1. The minimum Gasteiger partial charge on any atom is -0.322 e. The topological polar surface area (TPSA) is 42.0 Å². The van der Waals surface area contributed by atoms with E-state index in [0.717, 1.165) is 11.3 Å². The lowest BCUT2D eigenvalue weighted by molar-refractivity contribution is 0.102. The Bertz CT molecular complexity index is 596. The molecule has 1 heterocycles. The molecule has 3 nitrogen and oxygen atoms in total. The maximum atomic E-state index is 12.1. The molecule has 1 amide bonds. The first-order chi connectivity index (χ1) is 8.59. The monoisotopic (exact) mass is 260 g/mol. The normalized spacial score (nSPS) is 10.2. The molecule has 0 unspecified atom stereocenters. The Balaban J connectivity index is 2.27. The Hall–Kier alpha value is -1.87. The van der Waals surface area contributed by atoms with Crippen molar-refractivity contribution in [2.75, 3.05) is 5.32 Å². The van der Waals surface area contributed by atoms with E-state index in [0.29, 0.717) is 16.3 Å². The van der Waals surface area contributed by atoms with Crippen LogP contribution in [0.5, 0.6) is 0 Å². The average Bonchev–Trinajstić information content (AvgIpc) is 2.35. The molecule has 1 aromatic carbocycles. The molecule has 92 valence electrons. The Morgan fingerprint density at radius 2 is 2.00 bits per heavy atom. The van der Waals surface area contributed by atoms with Crippen molar-refractivity contribution >= 4 is 23.2 Å². The zero-order valence-corrected chi connectivity index (χ0v) is 11.0. The van der Waals surface area contributed by atoms with Crippen molar-refractivity contribution in [1.82, 2.24) is 4.98 Å². The average molecular weight is 261 g/mol. The van der Waals surface area contributed by atoms with Gasteiger partial charge in [-0.2, -0.15) is 0 Å². The fourth-order valence-electron chi connectivity index (χ4n) is 1.66. The first-order valence-electron chi connectivity index (χ1n) is 5.57. The number of halogens is 1. The summed E-state index contributed by atoms with van der Waals surface area (Å²) in [5.41, 5.74) is 2.84. The molecule has 0 radical (unpaired) electrons. The summed E-state index contributed by atoms with van der Waals surface area (Å²) in [6, 6.07) is 8.91. The first-order valence-corrected chi connectivity index (χ1v) is 5.95. The number of nitrogens with zero attached hydrogens (tertiary/aromatic N) is 1. The second kappa shape index (κ2) is 5.19. The minimum atomic E-state index is -0.175. The molecule has 0 aliphatic rings. The van der Waals surface area contributed by atoms with Gasteiger partial charge >= 0.3 is 0 Å².